The molecule has 140 valence electrons. The number of nitrogens with two attached hydrogens (primary N) is 1. The van der Waals surface area contributed by atoms with Gasteiger partial charge in [0, 0.05) is 35.4 Å². The van der Waals surface area contributed by atoms with Crippen molar-refractivity contribution in [2.24, 2.45) is 5.73 Å². The van der Waals surface area contributed by atoms with E-state index >= 15 is 4.39 Å². The minimum Gasteiger partial charge on any atom is -0.370 e. The number of fused-ring (bicyclic) bond motifs is 3. The number of anilines is 1. The van der Waals surface area contributed by atoms with Crippen molar-refractivity contribution in [3.63, 3.8) is 0 Å². The first kappa shape index (κ1) is 17.7. The van der Waals surface area contributed by atoms with Crippen molar-refractivity contribution in [3.05, 3.63) is 72.7 Å². The smallest absolute Gasteiger partial charge is 0.250 e. The third-order valence-electron chi connectivity index (χ3n) is 4.85. The Bertz CT molecular complexity index is 1210. The number of H-pyrrole nitrogens is 1. The number of halogens is 1. The largest absolute Gasteiger partial charge is 0.370 e. The van der Waals surface area contributed by atoms with Crippen LogP contribution >= 0.6 is 0 Å². The Morgan fingerprint density at radius 1 is 1.32 bits per heavy atom. The van der Waals surface area contributed by atoms with E-state index in [2.05, 4.69) is 16.5 Å². The number of aromatic nitrogens is 2. The predicted octanol–water partition coefficient (Wildman–Crippen LogP) is 4.24. The van der Waals surface area contributed by atoms with E-state index in [4.69, 9.17) is 5.73 Å². The molecule has 4 aromatic rings. The van der Waals surface area contributed by atoms with E-state index in [-0.39, 0.29) is 5.56 Å². The highest BCUT2D eigenvalue weighted by atomic mass is 19.1. The number of hydrogen-bond acceptors (Lipinski definition) is 3. The molecule has 6 heteroatoms. The molecule has 1 amide bonds. The number of pyridine rings is 1. The molecule has 0 fully saturated rings. The Hall–Kier alpha value is -3.67. The topological polar surface area (TPSA) is 75.0 Å². The average molecular weight is 374 g/mol. The number of nitrogens with one attached hydrogen (secondary N) is 1. The summed E-state index contributed by atoms with van der Waals surface area (Å²) in [4.78, 5) is 21.5. The third-order valence-corrected chi connectivity index (χ3v) is 4.85. The molecule has 0 aliphatic heterocycles. The first-order valence-electron chi connectivity index (χ1n) is 8.82. The summed E-state index contributed by atoms with van der Waals surface area (Å²) in [5.41, 5.74) is 8.64. The number of rotatable bonds is 5. The molecule has 0 radical (unpaired) electrons. The van der Waals surface area contributed by atoms with Gasteiger partial charge >= 0.3 is 0 Å². The maximum atomic E-state index is 15.1. The summed E-state index contributed by atoms with van der Waals surface area (Å²) in [6.07, 6.45) is 3.49. The van der Waals surface area contributed by atoms with Gasteiger partial charge in [0.15, 0.2) is 0 Å². The van der Waals surface area contributed by atoms with Crippen molar-refractivity contribution < 1.29 is 9.18 Å². The van der Waals surface area contributed by atoms with E-state index in [0.717, 1.165) is 16.6 Å². The van der Waals surface area contributed by atoms with Gasteiger partial charge in [0.25, 0.3) is 5.91 Å². The lowest BCUT2D eigenvalue weighted by molar-refractivity contribution is 0.100. The Balaban J connectivity index is 1.99. The Labute approximate surface area is 161 Å². The number of amides is 1. The lowest BCUT2D eigenvalue weighted by atomic mass is 9.99. The Kier molecular flexibility index (Phi) is 4.31. The van der Waals surface area contributed by atoms with Gasteiger partial charge in [-0.1, -0.05) is 24.3 Å². The van der Waals surface area contributed by atoms with Crippen LogP contribution in [0.15, 0.2) is 61.3 Å². The molecule has 0 aliphatic rings. The Morgan fingerprint density at radius 2 is 2.11 bits per heavy atom. The van der Waals surface area contributed by atoms with Gasteiger partial charge in [-0.3, -0.25) is 9.78 Å². The molecule has 0 aliphatic carbocycles. The fourth-order valence-corrected chi connectivity index (χ4v) is 3.50. The highest BCUT2D eigenvalue weighted by Gasteiger charge is 2.21. The molecule has 28 heavy (non-hydrogen) atoms. The summed E-state index contributed by atoms with van der Waals surface area (Å²) < 4.78 is 15.1. The molecule has 0 bridgehead atoms. The molecule has 5 nitrogen and oxygen atoms in total. The molecular weight excluding hydrogens is 355 g/mol. The lowest BCUT2D eigenvalue weighted by Gasteiger charge is -2.17. The van der Waals surface area contributed by atoms with E-state index in [1.54, 1.807) is 18.3 Å². The quantitative estimate of drug-likeness (QED) is 0.513. The van der Waals surface area contributed by atoms with Crippen LogP contribution in [0.3, 0.4) is 0 Å². The number of hydrogen-bond donors (Lipinski definition) is 2. The van der Waals surface area contributed by atoms with Crippen molar-refractivity contribution in [2.45, 2.75) is 0 Å². The van der Waals surface area contributed by atoms with Crippen molar-refractivity contribution in [2.75, 3.05) is 18.5 Å². The van der Waals surface area contributed by atoms with Crippen molar-refractivity contribution in [3.8, 4) is 11.3 Å². The minimum atomic E-state index is -0.684. The molecule has 0 saturated carbocycles. The number of nitrogens with zero attached hydrogens (tertiary/aromatic N) is 2. The highest BCUT2D eigenvalue weighted by Crippen LogP contribution is 2.37. The van der Waals surface area contributed by atoms with Gasteiger partial charge in [0.2, 0.25) is 0 Å². The summed E-state index contributed by atoms with van der Waals surface area (Å²) >= 11 is 0. The van der Waals surface area contributed by atoms with Crippen molar-refractivity contribution in [1.29, 1.82) is 0 Å². The number of likely N-dealkylation sites (N-methyl/N-ethyl adjacent to an activating group) is 1. The summed E-state index contributed by atoms with van der Waals surface area (Å²) in [5, 5.41) is 1.41. The summed E-state index contributed by atoms with van der Waals surface area (Å²) in [6.45, 7) is 4.41. The second-order valence-electron chi connectivity index (χ2n) is 6.64. The van der Waals surface area contributed by atoms with Crippen LogP contribution in [0.25, 0.3) is 33.1 Å². The average Bonchev–Trinajstić information content (AvgIpc) is 3.07. The molecular formula is C22H19FN4O. The predicted molar refractivity (Wildman–Crippen MR) is 111 cm³/mol. The molecule has 0 saturated heterocycles. The van der Waals surface area contributed by atoms with E-state index in [1.165, 1.54) is 6.07 Å². The maximum Gasteiger partial charge on any atom is 0.250 e. The standard InChI is InChI=1S/C22H19FN4O/c1-3-10-27(2)13-8-9-18(25-12-13)20-16(23)11-15(22(24)28)21-19(20)14-6-4-5-7-17(14)26-21/h3-9,11-12,26H,1,10H2,2H3,(H2,24,28). The Morgan fingerprint density at radius 3 is 2.79 bits per heavy atom. The number of para-hydroxylation sites is 1. The van der Waals surface area contributed by atoms with E-state index in [0.29, 0.717) is 28.7 Å². The van der Waals surface area contributed by atoms with Gasteiger partial charge in [0.1, 0.15) is 5.82 Å². The van der Waals surface area contributed by atoms with Crippen LogP contribution < -0.4 is 10.6 Å². The number of primary amides is 1. The third kappa shape index (κ3) is 2.79. The molecule has 0 spiro atoms. The number of benzene rings is 2. The zero-order valence-corrected chi connectivity index (χ0v) is 15.4. The SMILES string of the molecule is C=CCN(C)c1ccc(-c2c(F)cc(C(N)=O)c3[nH]c4ccccc4c23)nc1. The second kappa shape index (κ2) is 6.81. The molecule has 2 aromatic heterocycles. The van der Waals surface area contributed by atoms with Crippen LogP contribution in [-0.4, -0.2) is 29.5 Å². The van der Waals surface area contributed by atoms with Crippen LogP contribution in [0, 0.1) is 5.82 Å². The highest BCUT2D eigenvalue weighted by molar-refractivity contribution is 6.19. The molecule has 0 unspecified atom stereocenters. The normalized spacial score (nSPS) is 11.1. The first-order chi connectivity index (χ1) is 13.5. The van der Waals surface area contributed by atoms with Gasteiger partial charge < -0.3 is 15.6 Å². The van der Waals surface area contributed by atoms with Gasteiger partial charge in [-0.2, -0.15) is 0 Å². The summed E-state index contributed by atoms with van der Waals surface area (Å²) in [6, 6.07) is 12.3. The van der Waals surface area contributed by atoms with Crippen LogP contribution in [0.4, 0.5) is 10.1 Å². The van der Waals surface area contributed by atoms with E-state index in [1.807, 2.05) is 42.3 Å². The summed E-state index contributed by atoms with van der Waals surface area (Å²) in [5.74, 6) is -1.22. The van der Waals surface area contributed by atoms with Gasteiger partial charge in [-0.05, 0) is 24.3 Å². The fraction of sp³-hybridized carbons (Fsp3) is 0.0909. The fourth-order valence-electron chi connectivity index (χ4n) is 3.50. The zero-order valence-electron chi connectivity index (χ0n) is 15.4. The lowest BCUT2D eigenvalue weighted by Crippen LogP contribution is -2.16. The molecule has 2 heterocycles. The number of carbonyl (C=O) groups excluding carboxylic acids is 1. The summed E-state index contributed by atoms with van der Waals surface area (Å²) in [7, 11) is 1.93. The van der Waals surface area contributed by atoms with Gasteiger partial charge in [-0.25, -0.2) is 4.39 Å². The molecule has 3 N–H and O–H groups in total. The first-order valence-corrected chi connectivity index (χ1v) is 8.82. The maximum absolute atomic E-state index is 15.1. The second-order valence-corrected chi connectivity index (χ2v) is 6.64. The van der Waals surface area contributed by atoms with Crippen LogP contribution in [0.1, 0.15) is 10.4 Å². The number of aromatic amines is 1. The zero-order chi connectivity index (χ0) is 19.8. The van der Waals surface area contributed by atoms with E-state index < -0.39 is 11.7 Å². The molecule has 4 rings (SSSR count). The molecule has 2 aromatic carbocycles. The van der Waals surface area contributed by atoms with Crippen molar-refractivity contribution in [1.82, 2.24) is 9.97 Å². The van der Waals surface area contributed by atoms with Crippen LogP contribution in [-0.2, 0) is 0 Å². The molecule has 0 atom stereocenters. The monoisotopic (exact) mass is 374 g/mol. The van der Waals surface area contributed by atoms with Crippen LogP contribution in [0.5, 0.6) is 0 Å². The minimum absolute atomic E-state index is 0.120. The van der Waals surface area contributed by atoms with Crippen LogP contribution in [0.2, 0.25) is 0 Å². The van der Waals surface area contributed by atoms with E-state index in [9.17, 15) is 4.79 Å². The van der Waals surface area contributed by atoms with Crippen molar-refractivity contribution >= 4 is 33.4 Å². The van der Waals surface area contributed by atoms with Gasteiger partial charge in [0.05, 0.1) is 28.7 Å². The van der Waals surface area contributed by atoms with Gasteiger partial charge in [-0.15, -0.1) is 6.58 Å². The number of carbonyl (C=O) groups is 1.